The maximum absolute atomic E-state index is 13.5. The fourth-order valence-electron chi connectivity index (χ4n) is 4.94. The predicted molar refractivity (Wildman–Crippen MR) is 164 cm³/mol. The second-order valence-electron chi connectivity index (χ2n) is 9.67. The Balaban J connectivity index is 0.00000387. The molecule has 0 fully saturated rings. The Bertz CT molecular complexity index is 1750. The molecule has 0 aliphatic heterocycles. The number of carbonyl (C=O) groups excluding carboxylic acids is 1. The fourth-order valence-corrected chi connectivity index (χ4v) is 4.94. The van der Waals surface area contributed by atoms with Crippen LogP contribution in [0.4, 0.5) is 5.69 Å². The number of benzene rings is 3. The zero-order valence-electron chi connectivity index (χ0n) is 23.1. The quantitative estimate of drug-likeness (QED) is 0.121. The van der Waals surface area contributed by atoms with E-state index in [2.05, 4.69) is 9.88 Å². The van der Waals surface area contributed by atoms with Crippen molar-refractivity contribution in [1.29, 1.82) is 5.41 Å². The molecule has 0 amide bonds. The summed E-state index contributed by atoms with van der Waals surface area (Å²) in [6.45, 7) is 3.52. The zero-order chi connectivity index (χ0) is 28.2. The monoisotopic (exact) mass is 575 g/mol. The van der Waals surface area contributed by atoms with E-state index in [1.165, 1.54) is 0 Å². The van der Waals surface area contributed by atoms with Crippen LogP contribution < -0.4 is 16.7 Å². The van der Waals surface area contributed by atoms with Crippen LogP contribution in [0.1, 0.15) is 36.7 Å². The van der Waals surface area contributed by atoms with E-state index >= 15 is 0 Å². The topological polar surface area (TPSA) is 133 Å². The third kappa shape index (κ3) is 6.28. The minimum absolute atomic E-state index is 0. The minimum atomic E-state index is -0.247. The molecule has 0 aliphatic rings. The van der Waals surface area contributed by atoms with E-state index in [-0.39, 0.29) is 36.3 Å². The smallest absolute Gasteiger partial charge is 0.329 e. The number of hydrogen-bond donors (Lipinski definition) is 3. The summed E-state index contributed by atoms with van der Waals surface area (Å²) < 4.78 is 10.6. The lowest BCUT2D eigenvalue weighted by molar-refractivity contribution is -0.143. The summed E-state index contributed by atoms with van der Waals surface area (Å²) in [6.07, 6.45) is 0.807. The van der Waals surface area contributed by atoms with Crippen molar-refractivity contribution in [3.63, 3.8) is 0 Å². The van der Waals surface area contributed by atoms with E-state index in [0.29, 0.717) is 38.2 Å². The summed E-state index contributed by atoms with van der Waals surface area (Å²) in [4.78, 5) is 30.1. The van der Waals surface area contributed by atoms with Gasteiger partial charge in [-0.05, 0) is 67.4 Å². The van der Waals surface area contributed by atoms with Crippen molar-refractivity contribution in [3.8, 4) is 0 Å². The number of imidazole rings is 2. The number of rotatable bonds is 11. The summed E-state index contributed by atoms with van der Waals surface area (Å²) in [6, 6.07) is 21.2. The molecule has 41 heavy (non-hydrogen) atoms. The number of ether oxygens (including phenoxy) is 1. The van der Waals surface area contributed by atoms with Gasteiger partial charge in [0.1, 0.15) is 11.7 Å². The molecule has 0 radical (unpaired) electrons. The highest BCUT2D eigenvalue weighted by atomic mass is 35.5. The van der Waals surface area contributed by atoms with Crippen molar-refractivity contribution in [2.45, 2.75) is 39.4 Å². The summed E-state index contributed by atoms with van der Waals surface area (Å²) in [5, 5.41) is 10.9. The lowest BCUT2D eigenvalue weighted by Gasteiger charge is -2.07. The SMILES string of the molecule is CCOC(=O)CCCn1c(=O)n(Cc2ccc3c(c2)nc(CNc2ccc(C(=N)N)cc2)n3C)c2ccccc21.Cl. The average molecular weight is 576 g/mol. The highest BCUT2D eigenvalue weighted by molar-refractivity contribution is 5.95. The van der Waals surface area contributed by atoms with Gasteiger partial charge >= 0.3 is 11.7 Å². The van der Waals surface area contributed by atoms with Gasteiger partial charge in [-0.2, -0.15) is 0 Å². The van der Waals surface area contributed by atoms with Crippen LogP contribution in [-0.4, -0.2) is 37.1 Å². The van der Waals surface area contributed by atoms with Crippen molar-refractivity contribution in [2.75, 3.05) is 11.9 Å². The van der Waals surface area contributed by atoms with Crippen molar-refractivity contribution in [3.05, 3.63) is 94.2 Å². The number of carbonyl (C=O) groups is 1. The Labute approximate surface area is 243 Å². The first-order valence-corrected chi connectivity index (χ1v) is 13.3. The first-order valence-electron chi connectivity index (χ1n) is 13.3. The molecule has 10 nitrogen and oxygen atoms in total. The van der Waals surface area contributed by atoms with Gasteiger partial charge in [-0.3, -0.25) is 19.3 Å². The Morgan fingerprint density at radius 3 is 2.41 bits per heavy atom. The molecule has 5 rings (SSSR count). The number of nitrogens with two attached hydrogens (primary N) is 1. The van der Waals surface area contributed by atoms with Gasteiger partial charge in [-0.1, -0.05) is 18.2 Å². The Hall–Kier alpha value is -4.57. The zero-order valence-corrected chi connectivity index (χ0v) is 23.9. The summed E-state index contributed by atoms with van der Waals surface area (Å²) in [5.74, 6) is 0.667. The lowest BCUT2D eigenvalue weighted by atomic mass is 10.2. The number of esters is 1. The molecular weight excluding hydrogens is 542 g/mol. The Morgan fingerprint density at radius 2 is 1.73 bits per heavy atom. The second kappa shape index (κ2) is 12.7. The molecule has 2 heterocycles. The van der Waals surface area contributed by atoms with Gasteiger partial charge in [-0.15, -0.1) is 12.4 Å². The molecule has 0 saturated carbocycles. The molecule has 0 bridgehead atoms. The van der Waals surface area contributed by atoms with Crippen LogP contribution in [0.25, 0.3) is 22.1 Å². The van der Waals surface area contributed by atoms with Gasteiger partial charge in [0.2, 0.25) is 0 Å². The van der Waals surface area contributed by atoms with Crippen LogP contribution in [0.2, 0.25) is 0 Å². The third-order valence-electron chi connectivity index (χ3n) is 7.02. The highest BCUT2D eigenvalue weighted by Gasteiger charge is 2.15. The van der Waals surface area contributed by atoms with Crippen molar-refractivity contribution >= 4 is 52.0 Å². The summed E-state index contributed by atoms with van der Waals surface area (Å²) in [5.41, 5.74) is 11.6. The van der Waals surface area contributed by atoms with Crippen LogP contribution in [0.15, 0.2) is 71.5 Å². The normalized spacial score (nSPS) is 11.0. The van der Waals surface area contributed by atoms with Gasteiger partial charge in [-0.25, -0.2) is 9.78 Å². The largest absolute Gasteiger partial charge is 0.466 e. The van der Waals surface area contributed by atoms with E-state index in [4.69, 9.17) is 20.9 Å². The maximum Gasteiger partial charge on any atom is 0.329 e. The molecule has 4 N–H and O–H groups in total. The molecule has 3 aromatic carbocycles. The molecule has 0 spiro atoms. The molecule has 2 aromatic heterocycles. The number of halogens is 1. The number of nitrogen functional groups attached to an aromatic ring is 1. The van der Waals surface area contributed by atoms with E-state index < -0.39 is 0 Å². The molecule has 0 saturated heterocycles. The first-order chi connectivity index (χ1) is 19.4. The number of aryl methyl sites for hydroxylation is 2. The molecular formula is C30H34ClN7O3. The highest BCUT2D eigenvalue weighted by Crippen LogP contribution is 2.21. The first kappa shape index (κ1) is 29.4. The summed E-state index contributed by atoms with van der Waals surface area (Å²) >= 11 is 0. The minimum Gasteiger partial charge on any atom is -0.466 e. The van der Waals surface area contributed by atoms with Gasteiger partial charge in [0, 0.05) is 31.3 Å². The van der Waals surface area contributed by atoms with Crippen LogP contribution in [0, 0.1) is 5.41 Å². The maximum atomic E-state index is 13.5. The van der Waals surface area contributed by atoms with E-state index in [9.17, 15) is 9.59 Å². The van der Waals surface area contributed by atoms with Crippen LogP contribution in [0.5, 0.6) is 0 Å². The Morgan fingerprint density at radius 1 is 1.02 bits per heavy atom. The van der Waals surface area contributed by atoms with Gasteiger partial charge < -0.3 is 20.4 Å². The van der Waals surface area contributed by atoms with Crippen molar-refractivity contribution < 1.29 is 9.53 Å². The van der Waals surface area contributed by atoms with Crippen molar-refractivity contribution in [2.24, 2.45) is 12.8 Å². The number of aromatic nitrogens is 4. The molecule has 0 atom stereocenters. The lowest BCUT2D eigenvalue weighted by Crippen LogP contribution is -2.25. The molecule has 11 heteroatoms. The van der Waals surface area contributed by atoms with Crippen LogP contribution >= 0.6 is 12.4 Å². The number of para-hydroxylation sites is 2. The molecule has 214 valence electrons. The summed E-state index contributed by atoms with van der Waals surface area (Å²) in [7, 11) is 1.99. The number of amidine groups is 1. The molecule has 0 unspecified atom stereocenters. The van der Waals surface area contributed by atoms with E-state index in [0.717, 1.165) is 39.1 Å². The standard InChI is InChI=1S/C30H33N7O3.ClH/c1-3-40-28(38)9-6-16-36-25-7-4-5-8-26(25)37(30(36)39)19-20-10-15-24-23(17-20)34-27(35(24)2)18-33-22-13-11-21(12-14-22)29(31)32;/h4-5,7-8,10-15,17,33H,3,6,9,16,18-19H2,1-2H3,(H3,31,32);1H. The molecule has 5 aromatic rings. The Kier molecular flexibility index (Phi) is 9.14. The predicted octanol–water partition coefficient (Wildman–Crippen LogP) is 4.40. The third-order valence-corrected chi connectivity index (χ3v) is 7.02. The number of nitrogens with one attached hydrogen (secondary N) is 2. The van der Waals surface area contributed by atoms with E-state index in [1.807, 2.05) is 73.8 Å². The number of fused-ring (bicyclic) bond motifs is 2. The van der Waals surface area contributed by atoms with Crippen LogP contribution in [0.3, 0.4) is 0 Å². The fraction of sp³-hybridized carbons (Fsp3) is 0.267. The average Bonchev–Trinajstić information content (AvgIpc) is 3.40. The number of hydrogen-bond acceptors (Lipinski definition) is 6. The van der Waals surface area contributed by atoms with Gasteiger partial charge in [0.05, 0.1) is 41.8 Å². The van der Waals surface area contributed by atoms with E-state index in [1.54, 1.807) is 16.1 Å². The molecule has 0 aliphatic carbocycles. The second-order valence-corrected chi connectivity index (χ2v) is 9.67. The van der Waals surface area contributed by atoms with Crippen LogP contribution in [-0.2, 0) is 36.2 Å². The van der Waals surface area contributed by atoms with Gasteiger partial charge in [0.25, 0.3) is 0 Å². The number of anilines is 1. The number of nitrogens with zero attached hydrogens (tertiary/aromatic N) is 4. The van der Waals surface area contributed by atoms with Crippen molar-refractivity contribution in [1.82, 2.24) is 18.7 Å². The van der Waals surface area contributed by atoms with Gasteiger partial charge in [0.15, 0.2) is 0 Å².